The molecule has 0 aromatic carbocycles. The van der Waals surface area contributed by atoms with Crippen molar-refractivity contribution >= 4 is 0 Å². The molecule has 11 heavy (non-hydrogen) atoms. The van der Waals surface area contributed by atoms with E-state index in [2.05, 4.69) is 0 Å². The zero-order valence-corrected chi connectivity index (χ0v) is 7.01. The monoisotopic (exact) mass is 155 g/mol. The van der Waals surface area contributed by atoms with Gasteiger partial charge in [0.25, 0.3) is 0 Å². The predicted molar refractivity (Wildman–Crippen MR) is 44.3 cm³/mol. The maximum absolute atomic E-state index is 6.24. The Morgan fingerprint density at radius 1 is 1.27 bits per heavy atom. The minimum atomic E-state index is 0.0521. The molecule has 2 nitrogen and oxygen atoms in total. The Morgan fingerprint density at radius 2 is 2.00 bits per heavy atom. The molecule has 2 aliphatic rings. The van der Waals surface area contributed by atoms with Crippen molar-refractivity contribution in [3.63, 3.8) is 0 Å². The Balaban J connectivity index is 2.00. The summed E-state index contributed by atoms with van der Waals surface area (Å²) in [6.45, 7) is 1.69. The van der Waals surface area contributed by atoms with Gasteiger partial charge in [-0.15, -0.1) is 0 Å². The third kappa shape index (κ3) is 1.30. The van der Waals surface area contributed by atoms with Crippen LogP contribution < -0.4 is 5.73 Å². The van der Waals surface area contributed by atoms with Crippen molar-refractivity contribution in [1.29, 1.82) is 0 Å². The number of hydrogen-bond donors (Lipinski definition) is 1. The van der Waals surface area contributed by atoms with Crippen molar-refractivity contribution in [1.82, 2.24) is 0 Å². The topological polar surface area (TPSA) is 35.2 Å². The Bertz CT molecular complexity index is 134. The van der Waals surface area contributed by atoms with Crippen LogP contribution in [0.5, 0.6) is 0 Å². The lowest BCUT2D eigenvalue weighted by Gasteiger charge is -2.28. The highest BCUT2D eigenvalue weighted by Crippen LogP contribution is 2.36. The van der Waals surface area contributed by atoms with Crippen LogP contribution >= 0.6 is 0 Å². The first-order valence-corrected chi connectivity index (χ1v) is 4.68. The van der Waals surface area contributed by atoms with Gasteiger partial charge < -0.3 is 10.5 Å². The molecule has 1 unspecified atom stereocenters. The van der Waals surface area contributed by atoms with Gasteiger partial charge >= 0.3 is 0 Å². The number of ether oxygens (including phenoxy) is 1. The van der Waals surface area contributed by atoms with E-state index >= 15 is 0 Å². The average molecular weight is 155 g/mol. The lowest BCUT2D eigenvalue weighted by molar-refractivity contribution is 0.158. The third-order valence-electron chi connectivity index (χ3n) is 3.25. The molecule has 0 spiro atoms. The van der Waals surface area contributed by atoms with Crippen molar-refractivity contribution in [3.05, 3.63) is 0 Å². The second-order valence-corrected chi connectivity index (χ2v) is 4.02. The molecule has 64 valence electrons. The van der Waals surface area contributed by atoms with E-state index in [0.29, 0.717) is 0 Å². The fourth-order valence-corrected chi connectivity index (χ4v) is 2.42. The smallest absolute Gasteiger partial charge is 0.0649 e. The molecule has 0 radical (unpaired) electrons. The highest BCUT2D eigenvalue weighted by atomic mass is 16.5. The molecule has 1 aliphatic carbocycles. The minimum Gasteiger partial charge on any atom is -0.379 e. The summed E-state index contributed by atoms with van der Waals surface area (Å²) in [5.74, 6) is 0.755. The van der Waals surface area contributed by atoms with Crippen LogP contribution in [-0.2, 0) is 4.74 Å². The quantitative estimate of drug-likeness (QED) is 0.619. The summed E-state index contributed by atoms with van der Waals surface area (Å²) in [6, 6.07) is 0. The summed E-state index contributed by atoms with van der Waals surface area (Å²) in [7, 11) is 0. The van der Waals surface area contributed by atoms with Gasteiger partial charge in [-0.1, -0.05) is 12.8 Å². The van der Waals surface area contributed by atoms with E-state index in [-0.39, 0.29) is 5.54 Å². The Labute approximate surface area is 68.1 Å². The molecule has 2 N–H and O–H groups in total. The van der Waals surface area contributed by atoms with Crippen LogP contribution in [0.15, 0.2) is 0 Å². The van der Waals surface area contributed by atoms with Crippen molar-refractivity contribution in [2.24, 2.45) is 11.7 Å². The maximum atomic E-state index is 6.24. The summed E-state index contributed by atoms with van der Waals surface area (Å²) in [5, 5.41) is 0. The van der Waals surface area contributed by atoms with E-state index in [0.717, 1.165) is 25.6 Å². The molecule has 1 saturated heterocycles. The van der Waals surface area contributed by atoms with E-state index in [1.807, 2.05) is 0 Å². The summed E-state index contributed by atoms with van der Waals surface area (Å²) in [5.41, 5.74) is 6.29. The molecule has 0 bridgehead atoms. The molecule has 1 saturated carbocycles. The molecule has 0 amide bonds. The first-order valence-electron chi connectivity index (χ1n) is 4.68. The second-order valence-electron chi connectivity index (χ2n) is 4.02. The van der Waals surface area contributed by atoms with E-state index in [1.165, 1.54) is 25.7 Å². The van der Waals surface area contributed by atoms with Crippen molar-refractivity contribution in [3.8, 4) is 0 Å². The second kappa shape index (κ2) is 2.76. The molecule has 0 aromatic rings. The van der Waals surface area contributed by atoms with E-state index in [1.54, 1.807) is 0 Å². The van der Waals surface area contributed by atoms with E-state index in [4.69, 9.17) is 10.5 Å². The molecule has 2 fully saturated rings. The van der Waals surface area contributed by atoms with Gasteiger partial charge in [0.15, 0.2) is 0 Å². The zero-order valence-electron chi connectivity index (χ0n) is 7.01. The van der Waals surface area contributed by atoms with Crippen LogP contribution in [0, 0.1) is 5.92 Å². The average Bonchev–Trinajstić information content (AvgIpc) is 2.55. The van der Waals surface area contributed by atoms with Gasteiger partial charge in [-0.2, -0.15) is 0 Å². The molecular weight excluding hydrogens is 138 g/mol. The van der Waals surface area contributed by atoms with Crippen LogP contribution in [-0.4, -0.2) is 18.8 Å². The largest absolute Gasteiger partial charge is 0.379 e. The molecule has 1 atom stereocenters. The van der Waals surface area contributed by atoms with Gasteiger partial charge in [-0.05, 0) is 25.2 Å². The lowest BCUT2D eigenvalue weighted by Crippen LogP contribution is -2.46. The van der Waals surface area contributed by atoms with Crippen molar-refractivity contribution in [2.75, 3.05) is 13.2 Å². The van der Waals surface area contributed by atoms with Crippen LogP contribution in [0.1, 0.15) is 32.1 Å². The lowest BCUT2D eigenvalue weighted by atomic mass is 9.83. The normalized spacial score (nSPS) is 40.1. The van der Waals surface area contributed by atoms with Crippen molar-refractivity contribution < 1.29 is 4.74 Å². The molecule has 2 rings (SSSR count). The molecule has 1 aliphatic heterocycles. The predicted octanol–water partition coefficient (Wildman–Crippen LogP) is 1.29. The third-order valence-corrected chi connectivity index (χ3v) is 3.25. The van der Waals surface area contributed by atoms with E-state index in [9.17, 15) is 0 Å². The zero-order chi connectivity index (χ0) is 7.73. The first-order chi connectivity index (χ1) is 5.31. The fourth-order valence-electron chi connectivity index (χ4n) is 2.42. The van der Waals surface area contributed by atoms with Gasteiger partial charge in [0, 0.05) is 12.1 Å². The SMILES string of the molecule is NC1(C2CCCC2)CCOC1. The Morgan fingerprint density at radius 3 is 2.55 bits per heavy atom. The molecule has 2 heteroatoms. The van der Waals surface area contributed by atoms with Gasteiger partial charge in [0.1, 0.15) is 0 Å². The summed E-state index contributed by atoms with van der Waals surface area (Å²) < 4.78 is 5.35. The van der Waals surface area contributed by atoms with Crippen LogP contribution in [0.2, 0.25) is 0 Å². The van der Waals surface area contributed by atoms with Gasteiger partial charge in [-0.25, -0.2) is 0 Å². The number of rotatable bonds is 1. The van der Waals surface area contributed by atoms with Gasteiger partial charge in [-0.3, -0.25) is 0 Å². The van der Waals surface area contributed by atoms with Gasteiger partial charge in [0.05, 0.1) is 6.61 Å². The number of hydrogen-bond acceptors (Lipinski definition) is 2. The Kier molecular flexibility index (Phi) is 1.90. The first kappa shape index (κ1) is 7.56. The summed E-state index contributed by atoms with van der Waals surface area (Å²) in [6.07, 6.45) is 6.50. The van der Waals surface area contributed by atoms with Crippen LogP contribution in [0.4, 0.5) is 0 Å². The standard InChI is InChI=1S/C9H17NO/c10-9(5-6-11-7-9)8-3-1-2-4-8/h8H,1-7,10H2. The highest BCUT2D eigenvalue weighted by molar-refractivity contribution is 4.96. The molecule has 1 heterocycles. The highest BCUT2D eigenvalue weighted by Gasteiger charge is 2.39. The van der Waals surface area contributed by atoms with Crippen molar-refractivity contribution in [2.45, 2.75) is 37.6 Å². The van der Waals surface area contributed by atoms with Crippen LogP contribution in [0.3, 0.4) is 0 Å². The molecular formula is C9H17NO. The minimum absolute atomic E-state index is 0.0521. The summed E-state index contributed by atoms with van der Waals surface area (Å²) in [4.78, 5) is 0. The maximum Gasteiger partial charge on any atom is 0.0649 e. The van der Waals surface area contributed by atoms with E-state index < -0.39 is 0 Å². The molecule has 0 aromatic heterocycles. The summed E-state index contributed by atoms with van der Waals surface area (Å²) >= 11 is 0. The fraction of sp³-hybridized carbons (Fsp3) is 1.00. The number of nitrogens with two attached hydrogens (primary N) is 1. The van der Waals surface area contributed by atoms with Crippen LogP contribution in [0.25, 0.3) is 0 Å². The van der Waals surface area contributed by atoms with Gasteiger partial charge in [0.2, 0.25) is 0 Å². The Hall–Kier alpha value is -0.0800.